The van der Waals surface area contributed by atoms with Crippen molar-refractivity contribution in [2.75, 3.05) is 6.26 Å². The Morgan fingerprint density at radius 1 is 1.53 bits per heavy atom. The molecule has 0 fully saturated rings. The fourth-order valence-electron chi connectivity index (χ4n) is 1.98. The van der Waals surface area contributed by atoms with Crippen LogP contribution in [0.25, 0.3) is 11.0 Å². The van der Waals surface area contributed by atoms with Crippen LogP contribution in [0.4, 0.5) is 0 Å². The molecule has 0 bridgehead atoms. The van der Waals surface area contributed by atoms with Crippen LogP contribution in [0.3, 0.4) is 0 Å². The van der Waals surface area contributed by atoms with Gasteiger partial charge < -0.3 is 4.57 Å². The van der Waals surface area contributed by atoms with Gasteiger partial charge in [-0.2, -0.15) is 0 Å². The van der Waals surface area contributed by atoms with Crippen molar-refractivity contribution in [1.29, 1.82) is 0 Å². The van der Waals surface area contributed by atoms with E-state index in [0.29, 0.717) is 5.88 Å². The maximum Gasteiger partial charge on any atom is 0.124 e. The third-order valence-electron chi connectivity index (χ3n) is 3.23. The molecule has 0 aliphatic heterocycles. The highest BCUT2D eigenvalue weighted by Crippen LogP contribution is 2.22. The van der Waals surface area contributed by atoms with Gasteiger partial charge >= 0.3 is 0 Å². The van der Waals surface area contributed by atoms with Crippen LogP contribution in [0.15, 0.2) is 22.7 Å². The van der Waals surface area contributed by atoms with E-state index >= 15 is 0 Å². The standard InChI is InChI=1S/C13H16BrClN2OS/c1-9(19(2)18)5-6-17-12-4-3-10(14)7-11(12)16-13(17)8-15/h3-4,7,9H,5-6,8H2,1-2H3. The number of nitrogens with zero attached hydrogens (tertiary/aromatic N) is 2. The Balaban J connectivity index is 2.32. The van der Waals surface area contributed by atoms with Crippen LogP contribution in [0.1, 0.15) is 19.2 Å². The lowest BCUT2D eigenvalue weighted by molar-refractivity contribution is 0.617. The fraction of sp³-hybridized carbons (Fsp3) is 0.462. The Labute approximate surface area is 128 Å². The van der Waals surface area contributed by atoms with Crippen molar-refractivity contribution >= 4 is 49.4 Å². The summed E-state index contributed by atoms with van der Waals surface area (Å²) in [6, 6.07) is 6.03. The van der Waals surface area contributed by atoms with Gasteiger partial charge in [0.25, 0.3) is 0 Å². The lowest BCUT2D eigenvalue weighted by Gasteiger charge is -2.11. The number of alkyl halides is 1. The van der Waals surface area contributed by atoms with Crippen LogP contribution < -0.4 is 0 Å². The van der Waals surface area contributed by atoms with Crippen LogP contribution in [-0.2, 0) is 23.2 Å². The molecule has 1 heterocycles. The molecule has 104 valence electrons. The largest absolute Gasteiger partial charge is 0.327 e. The maximum atomic E-state index is 11.4. The van der Waals surface area contributed by atoms with Crippen molar-refractivity contribution in [2.24, 2.45) is 0 Å². The normalized spacial score (nSPS) is 14.7. The quantitative estimate of drug-likeness (QED) is 0.759. The summed E-state index contributed by atoms with van der Waals surface area (Å²) in [7, 11) is -0.792. The smallest absolute Gasteiger partial charge is 0.124 e. The SMILES string of the molecule is CC(CCn1c(CCl)nc2cc(Br)ccc21)S(C)=O. The molecular formula is C13H16BrClN2OS. The van der Waals surface area contributed by atoms with Gasteiger partial charge in [-0.15, -0.1) is 11.6 Å². The number of hydrogen-bond donors (Lipinski definition) is 0. The lowest BCUT2D eigenvalue weighted by atomic mass is 10.3. The minimum Gasteiger partial charge on any atom is -0.327 e. The summed E-state index contributed by atoms with van der Waals surface area (Å²) in [6.45, 7) is 2.80. The predicted octanol–water partition coefficient (Wildman–Crippen LogP) is 3.69. The molecule has 0 spiro atoms. The number of rotatable bonds is 5. The van der Waals surface area contributed by atoms with E-state index in [1.165, 1.54) is 0 Å². The van der Waals surface area contributed by atoms with Crippen LogP contribution in [0.2, 0.25) is 0 Å². The fourth-order valence-corrected chi connectivity index (χ4v) is 2.97. The Hall–Kier alpha value is -0.390. The molecule has 2 aromatic rings. The number of benzene rings is 1. The second kappa shape index (κ2) is 6.37. The molecule has 1 aromatic heterocycles. The molecule has 19 heavy (non-hydrogen) atoms. The first-order valence-electron chi connectivity index (χ1n) is 6.05. The van der Waals surface area contributed by atoms with E-state index in [-0.39, 0.29) is 5.25 Å². The van der Waals surface area contributed by atoms with Gasteiger partial charge in [-0.3, -0.25) is 4.21 Å². The van der Waals surface area contributed by atoms with Gasteiger partial charge in [-0.25, -0.2) is 4.98 Å². The molecular weight excluding hydrogens is 348 g/mol. The van der Waals surface area contributed by atoms with E-state index in [9.17, 15) is 4.21 Å². The van der Waals surface area contributed by atoms with E-state index < -0.39 is 10.8 Å². The van der Waals surface area contributed by atoms with E-state index in [1.807, 2.05) is 25.1 Å². The van der Waals surface area contributed by atoms with Crippen LogP contribution in [-0.4, -0.2) is 25.3 Å². The zero-order valence-corrected chi connectivity index (χ0v) is 14.1. The zero-order chi connectivity index (χ0) is 14.0. The van der Waals surface area contributed by atoms with Gasteiger partial charge in [0.2, 0.25) is 0 Å². The van der Waals surface area contributed by atoms with E-state index in [0.717, 1.165) is 34.3 Å². The van der Waals surface area contributed by atoms with E-state index in [1.54, 1.807) is 6.26 Å². The maximum absolute atomic E-state index is 11.4. The minimum absolute atomic E-state index is 0.177. The Morgan fingerprint density at radius 2 is 2.26 bits per heavy atom. The number of aromatic nitrogens is 2. The average molecular weight is 364 g/mol. The molecule has 2 unspecified atom stereocenters. The summed E-state index contributed by atoms with van der Waals surface area (Å²) in [5.74, 6) is 1.25. The van der Waals surface area contributed by atoms with Crippen molar-refractivity contribution < 1.29 is 4.21 Å². The first-order chi connectivity index (χ1) is 9.02. The summed E-state index contributed by atoms with van der Waals surface area (Å²) >= 11 is 9.41. The number of hydrogen-bond acceptors (Lipinski definition) is 2. The molecule has 6 heteroatoms. The molecule has 1 aromatic carbocycles. The Morgan fingerprint density at radius 3 is 2.89 bits per heavy atom. The molecule has 0 saturated heterocycles. The second-order valence-corrected chi connectivity index (χ2v) is 7.53. The third kappa shape index (κ3) is 3.38. The number of halogens is 2. The van der Waals surface area contributed by atoms with E-state index in [2.05, 4.69) is 25.5 Å². The first kappa shape index (κ1) is 15.0. The van der Waals surface area contributed by atoms with Gasteiger partial charge in [0.15, 0.2) is 0 Å². The van der Waals surface area contributed by atoms with Crippen molar-refractivity contribution in [3.8, 4) is 0 Å². The van der Waals surface area contributed by atoms with Crippen LogP contribution in [0, 0.1) is 0 Å². The summed E-state index contributed by atoms with van der Waals surface area (Å²) in [5.41, 5.74) is 2.02. The molecule has 0 saturated carbocycles. The third-order valence-corrected chi connectivity index (χ3v) is 5.34. The highest BCUT2D eigenvalue weighted by atomic mass is 79.9. The van der Waals surface area contributed by atoms with Gasteiger partial charge in [-0.1, -0.05) is 22.9 Å². The number of imidazole rings is 1. The van der Waals surface area contributed by atoms with Crippen molar-refractivity contribution in [1.82, 2.24) is 9.55 Å². The van der Waals surface area contributed by atoms with Crippen molar-refractivity contribution in [3.05, 3.63) is 28.5 Å². The molecule has 0 aliphatic rings. The van der Waals surface area contributed by atoms with Crippen LogP contribution in [0.5, 0.6) is 0 Å². The molecule has 2 atom stereocenters. The topological polar surface area (TPSA) is 34.9 Å². The van der Waals surface area contributed by atoms with E-state index in [4.69, 9.17) is 11.6 Å². The van der Waals surface area contributed by atoms with Gasteiger partial charge in [0.1, 0.15) is 5.82 Å². The minimum atomic E-state index is -0.792. The van der Waals surface area contributed by atoms with Gasteiger partial charge in [0, 0.05) is 33.3 Å². The van der Waals surface area contributed by atoms with Crippen molar-refractivity contribution in [3.63, 3.8) is 0 Å². The molecule has 3 nitrogen and oxygen atoms in total. The highest BCUT2D eigenvalue weighted by Gasteiger charge is 2.12. The molecule has 0 aliphatic carbocycles. The Kier molecular flexibility index (Phi) is 5.03. The molecule has 2 rings (SSSR count). The zero-order valence-electron chi connectivity index (χ0n) is 10.9. The first-order valence-corrected chi connectivity index (χ1v) is 9.00. The summed E-state index contributed by atoms with van der Waals surface area (Å²) in [6.07, 6.45) is 2.60. The lowest BCUT2D eigenvalue weighted by Crippen LogP contribution is -2.13. The molecule has 0 radical (unpaired) electrons. The summed E-state index contributed by atoms with van der Waals surface area (Å²) in [4.78, 5) is 4.54. The van der Waals surface area contributed by atoms with Gasteiger partial charge in [-0.05, 0) is 24.6 Å². The number of fused-ring (bicyclic) bond motifs is 1. The predicted molar refractivity (Wildman–Crippen MR) is 85.1 cm³/mol. The second-order valence-electron chi connectivity index (χ2n) is 4.54. The highest BCUT2D eigenvalue weighted by molar-refractivity contribution is 9.10. The van der Waals surface area contributed by atoms with Gasteiger partial charge in [0.05, 0.1) is 16.9 Å². The summed E-state index contributed by atoms with van der Waals surface area (Å²) < 4.78 is 14.6. The van der Waals surface area contributed by atoms with Crippen molar-refractivity contribution in [2.45, 2.75) is 31.0 Å². The molecule has 0 amide bonds. The summed E-state index contributed by atoms with van der Waals surface area (Å²) in [5, 5.41) is 0.177. The average Bonchev–Trinajstić information content (AvgIpc) is 2.72. The Bertz CT molecular complexity index is 614. The molecule has 0 N–H and O–H groups in total. The number of aryl methyl sites for hydroxylation is 1. The monoisotopic (exact) mass is 362 g/mol. The van der Waals surface area contributed by atoms with Crippen LogP contribution >= 0.6 is 27.5 Å².